The van der Waals surface area contributed by atoms with Crippen LogP contribution in [-0.4, -0.2) is 22.1 Å². The Hall–Kier alpha value is -2.14. The first kappa shape index (κ1) is 13.3. The van der Waals surface area contributed by atoms with Gasteiger partial charge in [-0.1, -0.05) is 30.3 Å². The van der Waals surface area contributed by atoms with Gasteiger partial charge in [0.25, 0.3) is 0 Å². The lowest BCUT2D eigenvalue weighted by atomic mass is 10.1. The summed E-state index contributed by atoms with van der Waals surface area (Å²) in [5.41, 5.74) is 7.92. The van der Waals surface area contributed by atoms with Crippen LogP contribution in [0, 0.1) is 0 Å². The van der Waals surface area contributed by atoms with Crippen LogP contribution >= 0.6 is 0 Å². The van der Waals surface area contributed by atoms with E-state index in [1.54, 1.807) is 6.20 Å². The number of carbonyl (C=O) groups excluding carboxylic acids is 1. The van der Waals surface area contributed by atoms with Crippen LogP contribution in [0.1, 0.15) is 17.7 Å². The number of aromatic amines is 1. The number of nitrogens with one attached hydrogen (secondary N) is 2. The monoisotopic (exact) mass is 258 g/mol. The van der Waals surface area contributed by atoms with Gasteiger partial charge < -0.3 is 11.1 Å². The molecule has 4 N–H and O–H groups in total. The van der Waals surface area contributed by atoms with Crippen LogP contribution in [0.4, 0.5) is 0 Å². The number of aryl methyl sites for hydroxylation is 1. The molecule has 0 saturated heterocycles. The normalized spacial score (nSPS) is 12.1. The number of H-pyrrole nitrogens is 1. The number of aromatic nitrogens is 2. The molecule has 0 aliphatic carbocycles. The first-order valence-corrected chi connectivity index (χ1v) is 6.31. The van der Waals surface area contributed by atoms with Gasteiger partial charge in [-0.2, -0.15) is 5.10 Å². The highest BCUT2D eigenvalue weighted by Crippen LogP contribution is 2.04. The maximum absolute atomic E-state index is 11.8. The number of nitrogens with zero attached hydrogens (tertiary/aromatic N) is 1. The van der Waals surface area contributed by atoms with Gasteiger partial charge in [-0.15, -0.1) is 0 Å². The average Bonchev–Trinajstić information content (AvgIpc) is 2.96. The van der Waals surface area contributed by atoms with E-state index >= 15 is 0 Å². The third-order valence-electron chi connectivity index (χ3n) is 2.94. The predicted octanol–water partition coefficient (Wildman–Crippen LogP) is 0.986. The number of nitrogens with two attached hydrogens (primary N) is 1. The summed E-state index contributed by atoms with van der Waals surface area (Å²) in [7, 11) is 0. The van der Waals surface area contributed by atoms with Crippen LogP contribution in [0.5, 0.6) is 0 Å². The molecule has 1 heterocycles. The van der Waals surface area contributed by atoms with Crippen molar-refractivity contribution in [2.24, 2.45) is 5.73 Å². The Morgan fingerprint density at radius 2 is 2.11 bits per heavy atom. The minimum absolute atomic E-state index is 0.134. The van der Waals surface area contributed by atoms with Gasteiger partial charge in [0, 0.05) is 6.20 Å². The van der Waals surface area contributed by atoms with Gasteiger partial charge >= 0.3 is 0 Å². The molecule has 0 saturated carbocycles. The van der Waals surface area contributed by atoms with Crippen LogP contribution in [0.25, 0.3) is 0 Å². The van der Waals surface area contributed by atoms with Gasteiger partial charge in [-0.25, -0.2) is 0 Å². The minimum atomic E-state index is -0.483. The zero-order valence-electron chi connectivity index (χ0n) is 10.7. The summed E-state index contributed by atoms with van der Waals surface area (Å²) in [5, 5.41) is 9.38. The van der Waals surface area contributed by atoms with Crippen LogP contribution < -0.4 is 11.1 Å². The van der Waals surface area contributed by atoms with Gasteiger partial charge in [-0.3, -0.25) is 9.89 Å². The summed E-state index contributed by atoms with van der Waals surface area (Å²) < 4.78 is 0. The lowest BCUT2D eigenvalue weighted by Gasteiger charge is -2.11. The molecule has 1 aromatic carbocycles. The van der Waals surface area contributed by atoms with Crippen LogP contribution in [0.15, 0.2) is 42.6 Å². The number of benzene rings is 1. The van der Waals surface area contributed by atoms with Gasteiger partial charge in [-0.05, 0) is 24.5 Å². The standard InChI is InChI=1S/C14H18N4O/c15-13(7-6-11-4-2-1-3-5-11)14(19)16-10-12-8-9-17-18-12/h1-5,8-9,13H,6-7,10,15H2,(H,16,19)(H,17,18). The second-order valence-electron chi connectivity index (χ2n) is 4.43. The van der Waals surface area contributed by atoms with Crippen molar-refractivity contribution in [3.8, 4) is 0 Å². The fourth-order valence-electron chi connectivity index (χ4n) is 1.79. The Balaban J connectivity index is 1.73. The minimum Gasteiger partial charge on any atom is -0.349 e. The third kappa shape index (κ3) is 4.22. The molecule has 1 amide bonds. The first-order valence-electron chi connectivity index (χ1n) is 6.31. The predicted molar refractivity (Wildman–Crippen MR) is 73.2 cm³/mol. The van der Waals surface area contributed by atoms with Crippen molar-refractivity contribution in [3.05, 3.63) is 53.9 Å². The summed E-state index contributed by atoms with van der Waals surface area (Å²) in [6.45, 7) is 0.428. The zero-order chi connectivity index (χ0) is 13.5. The topological polar surface area (TPSA) is 83.8 Å². The van der Waals surface area contributed by atoms with Crippen molar-refractivity contribution in [2.45, 2.75) is 25.4 Å². The fraction of sp³-hybridized carbons (Fsp3) is 0.286. The summed E-state index contributed by atoms with van der Waals surface area (Å²) >= 11 is 0. The molecule has 19 heavy (non-hydrogen) atoms. The number of hydrogen-bond acceptors (Lipinski definition) is 3. The highest BCUT2D eigenvalue weighted by Gasteiger charge is 2.12. The molecule has 2 rings (SSSR count). The molecule has 0 radical (unpaired) electrons. The van der Waals surface area contributed by atoms with E-state index in [2.05, 4.69) is 15.5 Å². The molecular weight excluding hydrogens is 240 g/mol. The van der Waals surface area contributed by atoms with E-state index in [-0.39, 0.29) is 5.91 Å². The van der Waals surface area contributed by atoms with Gasteiger partial charge in [0.1, 0.15) is 0 Å². The summed E-state index contributed by atoms with van der Waals surface area (Å²) in [6, 6.07) is 11.3. The van der Waals surface area contributed by atoms with Gasteiger partial charge in [0.2, 0.25) is 5.91 Å². The molecule has 1 atom stereocenters. The maximum atomic E-state index is 11.8. The van der Waals surface area contributed by atoms with Crippen molar-refractivity contribution in [1.29, 1.82) is 0 Å². The Bertz CT molecular complexity index is 495. The molecule has 0 aliphatic heterocycles. The smallest absolute Gasteiger partial charge is 0.237 e. The first-order chi connectivity index (χ1) is 9.25. The van der Waals surface area contributed by atoms with Crippen LogP contribution in [-0.2, 0) is 17.8 Å². The quantitative estimate of drug-likeness (QED) is 0.722. The highest BCUT2D eigenvalue weighted by molar-refractivity contribution is 5.81. The molecule has 0 aliphatic rings. The van der Waals surface area contributed by atoms with Gasteiger partial charge in [0.15, 0.2) is 0 Å². The van der Waals surface area contributed by atoms with Crippen LogP contribution in [0.2, 0.25) is 0 Å². The van der Waals surface area contributed by atoms with Crippen LogP contribution in [0.3, 0.4) is 0 Å². The number of carbonyl (C=O) groups is 1. The SMILES string of the molecule is NC(CCc1ccccc1)C(=O)NCc1ccn[nH]1. The Morgan fingerprint density at radius 3 is 2.79 bits per heavy atom. The molecule has 0 fully saturated rings. The van der Waals surface area contributed by atoms with E-state index in [0.717, 1.165) is 12.1 Å². The second kappa shape index (κ2) is 6.70. The van der Waals surface area contributed by atoms with Gasteiger partial charge in [0.05, 0.1) is 18.3 Å². The van der Waals surface area contributed by atoms with Crippen molar-refractivity contribution < 1.29 is 4.79 Å². The van der Waals surface area contributed by atoms with Crippen molar-refractivity contribution in [3.63, 3.8) is 0 Å². The molecule has 1 aromatic heterocycles. The Kier molecular flexibility index (Phi) is 4.69. The molecule has 5 heteroatoms. The van der Waals surface area contributed by atoms with E-state index in [1.807, 2.05) is 36.4 Å². The third-order valence-corrected chi connectivity index (χ3v) is 2.94. The summed E-state index contributed by atoms with van der Waals surface area (Å²) in [4.78, 5) is 11.8. The largest absolute Gasteiger partial charge is 0.349 e. The maximum Gasteiger partial charge on any atom is 0.237 e. The average molecular weight is 258 g/mol. The number of rotatable bonds is 6. The van der Waals surface area contributed by atoms with E-state index in [4.69, 9.17) is 5.73 Å². The fourth-order valence-corrected chi connectivity index (χ4v) is 1.79. The van der Waals surface area contributed by atoms with E-state index in [1.165, 1.54) is 5.56 Å². The van der Waals surface area contributed by atoms with Crippen molar-refractivity contribution >= 4 is 5.91 Å². The molecular formula is C14H18N4O. The zero-order valence-corrected chi connectivity index (χ0v) is 10.7. The summed E-state index contributed by atoms with van der Waals surface area (Å²) in [6.07, 6.45) is 3.09. The lowest BCUT2D eigenvalue weighted by Crippen LogP contribution is -2.40. The van der Waals surface area contributed by atoms with E-state index in [9.17, 15) is 4.79 Å². The highest BCUT2D eigenvalue weighted by atomic mass is 16.2. The second-order valence-corrected chi connectivity index (χ2v) is 4.43. The lowest BCUT2D eigenvalue weighted by molar-refractivity contribution is -0.122. The molecule has 0 bridgehead atoms. The Morgan fingerprint density at radius 1 is 1.32 bits per heavy atom. The van der Waals surface area contributed by atoms with E-state index in [0.29, 0.717) is 13.0 Å². The van der Waals surface area contributed by atoms with E-state index < -0.39 is 6.04 Å². The molecule has 5 nitrogen and oxygen atoms in total. The number of amides is 1. The van der Waals surface area contributed by atoms with Crippen molar-refractivity contribution in [1.82, 2.24) is 15.5 Å². The molecule has 0 spiro atoms. The number of hydrogen-bond donors (Lipinski definition) is 3. The summed E-state index contributed by atoms with van der Waals surface area (Å²) in [5.74, 6) is -0.134. The molecule has 100 valence electrons. The van der Waals surface area contributed by atoms with Crippen molar-refractivity contribution in [2.75, 3.05) is 0 Å². The molecule has 2 aromatic rings. The Labute approximate surface area is 112 Å². The molecule has 1 unspecified atom stereocenters.